The van der Waals surface area contributed by atoms with E-state index in [9.17, 15) is 20.2 Å². The van der Waals surface area contributed by atoms with Crippen LogP contribution in [-0.4, -0.2) is 22.7 Å². The van der Waals surface area contributed by atoms with Crippen LogP contribution in [0.4, 0.5) is 17.1 Å². The summed E-state index contributed by atoms with van der Waals surface area (Å²) in [4.78, 5) is 20.4. The molecule has 128 valence electrons. The van der Waals surface area contributed by atoms with E-state index in [4.69, 9.17) is 4.74 Å². The molecular weight excluding hydrogens is 328 g/mol. The van der Waals surface area contributed by atoms with Crippen molar-refractivity contribution in [3.63, 3.8) is 0 Å². The smallest absolute Gasteiger partial charge is 0.301 e. The molecule has 0 radical (unpaired) electrons. The first-order valence-corrected chi connectivity index (χ1v) is 7.07. The summed E-state index contributed by atoms with van der Waals surface area (Å²) < 4.78 is 5.47. The summed E-state index contributed by atoms with van der Waals surface area (Å²) in [6.45, 7) is 3.90. The van der Waals surface area contributed by atoms with Crippen LogP contribution in [0.3, 0.4) is 0 Å². The Morgan fingerprint density at radius 2 is 1.92 bits per heavy atom. The average Bonchev–Trinajstić information content (AvgIpc) is 2.60. The number of non-ortho nitro benzene ring substituents is 1. The van der Waals surface area contributed by atoms with Gasteiger partial charge in [-0.1, -0.05) is 24.8 Å². The molecule has 25 heavy (non-hydrogen) atoms. The minimum atomic E-state index is -0.716. The SMILES string of the molecule is C=CCOc1ccccc1/C=N/Nc1ccc([N+](=O)[O-])cc1[N+](=O)[O-]. The van der Waals surface area contributed by atoms with Crippen LogP contribution in [0.25, 0.3) is 0 Å². The number of nitro groups is 2. The first kappa shape index (κ1) is 17.6. The molecule has 2 rings (SSSR count). The second-order valence-corrected chi connectivity index (χ2v) is 4.72. The lowest BCUT2D eigenvalue weighted by molar-refractivity contribution is -0.393. The van der Waals surface area contributed by atoms with Gasteiger partial charge in [0, 0.05) is 11.6 Å². The first-order chi connectivity index (χ1) is 12.0. The Kier molecular flexibility index (Phi) is 5.77. The molecule has 2 aromatic carbocycles. The van der Waals surface area contributed by atoms with Crippen molar-refractivity contribution in [2.45, 2.75) is 0 Å². The van der Waals surface area contributed by atoms with E-state index in [-0.39, 0.29) is 11.4 Å². The number of nitro benzene ring substituents is 2. The number of benzene rings is 2. The lowest BCUT2D eigenvalue weighted by atomic mass is 10.2. The molecule has 9 heteroatoms. The number of nitrogens with zero attached hydrogens (tertiary/aromatic N) is 3. The predicted molar refractivity (Wildman–Crippen MR) is 93.1 cm³/mol. The van der Waals surface area contributed by atoms with Gasteiger partial charge in [0.1, 0.15) is 18.0 Å². The molecule has 0 aliphatic heterocycles. The van der Waals surface area contributed by atoms with Gasteiger partial charge in [0.05, 0.1) is 22.1 Å². The van der Waals surface area contributed by atoms with Crippen molar-refractivity contribution in [1.29, 1.82) is 0 Å². The zero-order valence-electron chi connectivity index (χ0n) is 13.0. The number of hydrazone groups is 1. The zero-order chi connectivity index (χ0) is 18.2. The third-order valence-corrected chi connectivity index (χ3v) is 3.05. The Labute approximate surface area is 142 Å². The van der Waals surface area contributed by atoms with Crippen molar-refractivity contribution in [3.8, 4) is 5.75 Å². The minimum Gasteiger partial charge on any atom is -0.489 e. The van der Waals surface area contributed by atoms with Gasteiger partial charge in [0.2, 0.25) is 0 Å². The number of rotatable bonds is 8. The van der Waals surface area contributed by atoms with Crippen LogP contribution in [0.15, 0.2) is 60.2 Å². The highest BCUT2D eigenvalue weighted by Gasteiger charge is 2.19. The lowest BCUT2D eigenvalue weighted by Crippen LogP contribution is -2.00. The Morgan fingerprint density at radius 3 is 2.60 bits per heavy atom. The second-order valence-electron chi connectivity index (χ2n) is 4.72. The molecule has 0 amide bonds. The number of para-hydroxylation sites is 1. The Bertz CT molecular complexity index is 835. The molecule has 0 aromatic heterocycles. The third kappa shape index (κ3) is 4.61. The summed E-state index contributed by atoms with van der Waals surface area (Å²) in [5.74, 6) is 0.575. The minimum absolute atomic E-state index is 0.0383. The quantitative estimate of drug-likeness (QED) is 0.339. The molecule has 1 N–H and O–H groups in total. The summed E-state index contributed by atoms with van der Waals surface area (Å²) in [6.07, 6.45) is 3.04. The monoisotopic (exact) mass is 342 g/mol. The van der Waals surface area contributed by atoms with Crippen molar-refractivity contribution in [3.05, 3.63) is 80.9 Å². The number of nitrogens with one attached hydrogen (secondary N) is 1. The van der Waals surface area contributed by atoms with Crippen LogP contribution >= 0.6 is 0 Å². The highest BCUT2D eigenvalue weighted by atomic mass is 16.6. The normalized spacial score (nSPS) is 10.4. The van der Waals surface area contributed by atoms with Crippen LogP contribution in [0, 0.1) is 20.2 Å². The van der Waals surface area contributed by atoms with E-state index in [2.05, 4.69) is 17.1 Å². The topological polar surface area (TPSA) is 120 Å². The molecule has 2 aromatic rings. The fraction of sp³-hybridized carbons (Fsp3) is 0.0625. The molecule has 9 nitrogen and oxygen atoms in total. The molecule has 0 spiro atoms. The van der Waals surface area contributed by atoms with Crippen molar-refractivity contribution in [2.24, 2.45) is 5.10 Å². The summed E-state index contributed by atoms with van der Waals surface area (Å²) >= 11 is 0. The van der Waals surface area contributed by atoms with E-state index in [1.54, 1.807) is 30.3 Å². The highest BCUT2D eigenvalue weighted by Crippen LogP contribution is 2.29. The van der Waals surface area contributed by atoms with Crippen LogP contribution < -0.4 is 10.2 Å². The van der Waals surface area contributed by atoms with Gasteiger partial charge in [0.25, 0.3) is 5.69 Å². The Morgan fingerprint density at radius 1 is 1.16 bits per heavy atom. The predicted octanol–water partition coefficient (Wildman–Crippen LogP) is 3.51. The fourth-order valence-electron chi connectivity index (χ4n) is 1.92. The van der Waals surface area contributed by atoms with Gasteiger partial charge < -0.3 is 4.74 Å². The fourth-order valence-corrected chi connectivity index (χ4v) is 1.92. The molecule has 0 unspecified atom stereocenters. The highest BCUT2D eigenvalue weighted by molar-refractivity contribution is 5.84. The van der Waals surface area contributed by atoms with E-state index >= 15 is 0 Å². The van der Waals surface area contributed by atoms with E-state index < -0.39 is 15.5 Å². The summed E-state index contributed by atoms with van der Waals surface area (Å²) in [7, 11) is 0. The molecule has 0 bridgehead atoms. The Hall–Kier alpha value is -3.75. The van der Waals surface area contributed by atoms with E-state index in [0.717, 1.165) is 12.1 Å². The number of ether oxygens (including phenoxy) is 1. The Balaban J connectivity index is 2.21. The summed E-state index contributed by atoms with van der Waals surface area (Å²) in [5.41, 5.74) is 2.40. The average molecular weight is 342 g/mol. The molecule has 0 saturated heterocycles. The van der Waals surface area contributed by atoms with E-state index in [1.165, 1.54) is 12.3 Å². The maximum absolute atomic E-state index is 11.1. The largest absolute Gasteiger partial charge is 0.489 e. The first-order valence-electron chi connectivity index (χ1n) is 7.07. The number of anilines is 1. The van der Waals surface area contributed by atoms with Gasteiger partial charge in [-0.25, -0.2) is 0 Å². The van der Waals surface area contributed by atoms with Gasteiger partial charge in [0.15, 0.2) is 0 Å². The van der Waals surface area contributed by atoms with Gasteiger partial charge in [-0.05, 0) is 18.2 Å². The molecular formula is C16H14N4O5. The molecule has 0 fully saturated rings. The maximum atomic E-state index is 11.1. The third-order valence-electron chi connectivity index (χ3n) is 3.05. The van der Waals surface area contributed by atoms with Crippen molar-refractivity contribution in [2.75, 3.05) is 12.0 Å². The van der Waals surface area contributed by atoms with Crippen LogP contribution in [0.2, 0.25) is 0 Å². The van der Waals surface area contributed by atoms with Gasteiger partial charge in [-0.2, -0.15) is 5.10 Å². The second kappa shape index (κ2) is 8.20. The zero-order valence-corrected chi connectivity index (χ0v) is 13.0. The number of hydrogen-bond donors (Lipinski definition) is 1. The van der Waals surface area contributed by atoms with Crippen LogP contribution in [0.1, 0.15) is 5.56 Å². The van der Waals surface area contributed by atoms with Gasteiger partial charge >= 0.3 is 5.69 Å². The molecule has 0 heterocycles. The molecule has 0 saturated carbocycles. The van der Waals surface area contributed by atoms with E-state index in [1.807, 2.05) is 0 Å². The van der Waals surface area contributed by atoms with Crippen molar-refractivity contribution >= 4 is 23.3 Å². The van der Waals surface area contributed by atoms with Gasteiger partial charge in [-0.3, -0.25) is 25.7 Å². The summed E-state index contributed by atoms with van der Waals surface area (Å²) in [6, 6.07) is 10.4. The van der Waals surface area contributed by atoms with Crippen LogP contribution in [0.5, 0.6) is 5.75 Å². The van der Waals surface area contributed by atoms with Crippen LogP contribution in [-0.2, 0) is 0 Å². The van der Waals surface area contributed by atoms with Gasteiger partial charge in [-0.15, -0.1) is 0 Å². The molecule has 0 aliphatic rings. The van der Waals surface area contributed by atoms with Crippen molar-refractivity contribution in [1.82, 2.24) is 0 Å². The standard InChI is InChI=1S/C16H14N4O5/c1-2-9-25-16-6-4-3-5-12(16)11-17-18-14-8-7-13(19(21)22)10-15(14)20(23)24/h2-8,10-11,18H,1,9H2/b17-11+. The number of hydrogen-bond acceptors (Lipinski definition) is 7. The summed E-state index contributed by atoms with van der Waals surface area (Å²) in [5, 5.41) is 25.7. The molecule has 0 aliphatic carbocycles. The van der Waals surface area contributed by atoms with E-state index in [0.29, 0.717) is 17.9 Å². The maximum Gasteiger partial charge on any atom is 0.301 e. The lowest BCUT2D eigenvalue weighted by Gasteiger charge is -2.06. The molecule has 0 atom stereocenters. The van der Waals surface area contributed by atoms with Crippen molar-refractivity contribution < 1.29 is 14.6 Å².